The SMILES string of the molecule is OC[C@@H]1CO[C@@H](c2ccccc2)[C@@H]1I. The van der Waals surface area contributed by atoms with Crippen LogP contribution in [0.5, 0.6) is 0 Å². The van der Waals surface area contributed by atoms with E-state index in [2.05, 4.69) is 34.7 Å². The lowest BCUT2D eigenvalue weighted by molar-refractivity contribution is 0.103. The molecule has 1 aliphatic heterocycles. The molecule has 1 saturated heterocycles. The summed E-state index contributed by atoms with van der Waals surface area (Å²) in [5, 5.41) is 9.12. The summed E-state index contributed by atoms with van der Waals surface area (Å²) in [6.45, 7) is 0.889. The van der Waals surface area contributed by atoms with E-state index < -0.39 is 0 Å². The van der Waals surface area contributed by atoms with E-state index in [-0.39, 0.29) is 18.6 Å². The number of aliphatic hydroxyl groups excluding tert-OH is 1. The van der Waals surface area contributed by atoms with Gasteiger partial charge in [-0.1, -0.05) is 52.9 Å². The van der Waals surface area contributed by atoms with Crippen molar-refractivity contribution in [3.8, 4) is 0 Å². The normalized spacial score (nSPS) is 32.0. The number of alkyl halides is 1. The van der Waals surface area contributed by atoms with Gasteiger partial charge in [0.15, 0.2) is 0 Å². The van der Waals surface area contributed by atoms with Gasteiger partial charge in [0.25, 0.3) is 0 Å². The highest BCUT2D eigenvalue weighted by molar-refractivity contribution is 14.1. The van der Waals surface area contributed by atoms with Crippen molar-refractivity contribution in [1.29, 1.82) is 0 Å². The molecule has 0 amide bonds. The molecular formula is C11H13IO2. The summed E-state index contributed by atoms with van der Waals surface area (Å²) in [5.74, 6) is 0.279. The van der Waals surface area contributed by atoms with E-state index in [4.69, 9.17) is 9.84 Å². The number of hydrogen-bond donors (Lipinski definition) is 1. The first-order chi connectivity index (χ1) is 6.83. The van der Waals surface area contributed by atoms with E-state index in [0.29, 0.717) is 10.5 Å². The van der Waals surface area contributed by atoms with Crippen LogP contribution in [0.4, 0.5) is 0 Å². The van der Waals surface area contributed by atoms with Crippen molar-refractivity contribution < 1.29 is 9.84 Å². The van der Waals surface area contributed by atoms with Gasteiger partial charge in [0.1, 0.15) is 0 Å². The number of rotatable bonds is 2. The van der Waals surface area contributed by atoms with E-state index in [9.17, 15) is 0 Å². The van der Waals surface area contributed by atoms with Crippen LogP contribution in [0.3, 0.4) is 0 Å². The molecule has 0 aliphatic carbocycles. The number of hydrogen-bond acceptors (Lipinski definition) is 2. The van der Waals surface area contributed by atoms with Gasteiger partial charge in [-0.25, -0.2) is 0 Å². The summed E-state index contributed by atoms with van der Waals surface area (Å²) >= 11 is 2.37. The van der Waals surface area contributed by atoms with Gasteiger partial charge in [0, 0.05) is 16.4 Å². The first kappa shape index (κ1) is 10.4. The van der Waals surface area contributed by atoms with Crippen LogP contribution in [0.15, 0.2) is 30.3 Å². The van der Waals surface area contributed by atoms with Crippen LogP contribution >= 0.6 is 22.6 Å². The second-order valence-electron chi connectivity index (χ2n) is 3.55. The van der Waals surface area contributed by atoms with Crippen molar-refractivity contribution in [2.24, 2.45) is 5.92 Å². The van der Waals surface area contributed by atoms with E-state index in [0.717, 1.165) is 0 Å². The van der Waals surface area contributed by atoms with Crippen LogP contribution < -0.4 is 0 Å². The Bertz CT molecular complexity index is 289. The first-order valence-corrected chi connectivity index (χ1v) is 5.99. The molecule has 1 aliphatic rings. The number of ether oxygens (including phenoxy) is 1. The Balaban J connectivity index is 2.14. The standard InChI is InChI=1S/C11H13IO2/c12-10-9(6-13)7-14-11(10)8-4-2-1-3-5-8/h1-5,9-11,13H,6-7H2/t9-,10-,11+/m1/s1. The van der Waals surface area contributed by atoms with Crippen LogP contribution in [0.1, 0.15) is 11.7 Å². The third-order valence-electron chi connectivity index (χ3n) is 2.59. The molecule has 0 bridgehead atoms. The third-order valence-corrected chi connectivity index (χ3v) is 4.26. The van der Waals surface area contributed by atoms with Gasteiger partial charge in [0.05, 0.1) is 12.7 Å². The second-order valence-corrected chi connectivity index (χ2v) is 4.99. The Morgan fingerprint density at radius 2 is 2.07 bits per heavy atom. The highest BCUT2D eigenvalue weighted by atomic mass is 127. The predicted molar refractivity (Wildman–Crippen MR) is 63.5 cm³/mol. The van der Waals surface area contributed by atoms with E-state index in [1.807, 2.05) is 18.2 Å². The Morgan fingerprint density at radius 3 is 2.64 bits per heavy atom. The molecule has 0 aromatic heterocycles. The molecule has 3 heteroatoms. The average molecular weight is 304 g/mol. The molecule has 2 nitrogen and oxygen atoms in total. The molecule has 14 heavy (non-hydrogen) atoms. The minimum Gasteiger partial charge on any atom is -0.396 e. The van der Waals surface area contributed by atoms with Crippen LogP contribution in [-0.4, -0.2) is 22.2 Å². The molecule has 76 valence electrons. The molecule has 1 aromatic rings. The predicted octanol–water partition coefficient (Wildman–Crippen LogP) is 2.17. The Hall–Kier alpha value is -0.130. The van der Waals surface area contributed by atoms with Crippen LogP contribution in [0.25, 0.3) is 0 Å². The van der Waals surface area contributed by atoms with Gasteiger partial charge in [0.2, 0.25) is 0 Å². The summed E-state index contributed by atoms with van der Waals surface area (Å²) in [6.07, 6.45) is 0.147. The fourth-order valence-electron chi connectivity index (χ4n) is 1.73. The summed E-state index contributed by atoms with van der Waals surface area (Å²) in [7, 11) is 0. The quantitative estimate of drug-likeness (QED) is 0.670. The highest BCUT2D eigenvalue weighted by Gasteiger charge is 2.35. The minimum absolute atomic E-state index is 0.147. The molecule has 0 radical (unpaired) electrons. The van der Waals surface area contributed by atoms with E-state index in [1.165, 1.54) is 5.56 Å². The van der Waals surface area contributed by atoms with Gasteiger partial charge >= 0.3 is 0 Å². The van der Waals surface area contributed by atoms with Crippen LogP contribution in [0, 0.1) is 5.92 Å². The zero-order valence-electron chi connectivity index (χ0n) is 7.77. The fraction of sp³-hybridized carbons (Fsp3) is 0.455. The maximum absolute atomic E-state index is 9.12. The van der Waals surface area contributed by atoms with Gasteiger partial charge in [-0.2, -0.15) is 0 Å². The van der Waals surface area contributed by atoms with Crippen molar-refractivity contribution in [3.63, 3.8) is 0 Å². The molecule has 3 atom stereocenters. The molecule has 0 unspecified atom stereocenters. The van der Waals surface area contributed by atoms with Gasteiger partial charge < -0.3 is 9.84 Å². The lowest BCUT2D eigenvalue weighted by atomic mass is 10.0. The van der Waals surface area contributed by atoms with Crippen LogP contribution in [-0.2, 0) is 4.74 Å². The number of benzene rings is 1. The van der Waals surface area contributed by atoms with Gasteiger partial charge in [-0.05, 0) is 5.56 Å². The zero-order valence-corrected chi connectivity index (χ0v) is 9.92. The maximum Gasteiger partial charge on any atom is 0.0947 e. The molecule has 2 rings (SSSR count). The Kier molecular flexibility index (Phi) is 3.41. The Morgan fingerprint density at radius 1 is 1.36 bits per heavy atom. The largest absolute Gasteiger partial charge is 0.396 e. The van der Waals surface area contributed by atoms with Gasteiger partial charge in [-0.15, -0.1) is 0 Å². The molecule has 1 N–H and O–H groups in total. The Labute approximate surface area is 97.4 Å². The summed E-state index contributed by atoms with van der Waals surface area (Å²) in [4.78, 5) is 0. The molecular weight excluding hydrogens is 291 g/mol. The summed E-state index contributed by atoms with van der Waals surface area (Å²) < 4.78 is 6.06. The lowest BCUT2D eigenvalue weighted by Crippen LogP contribution is -2.17. The molecule has 1 fully saturated rings. The third kappa shape index (κ3) is 1.94. The molecule has 0 spiro atoms. The van der Waals surface area contributed by atoms with Crippen LogP contribution in [0.2, 0.25) is 0 Å². The molecule has 0 saturated carbocycles. The molecule has 1 heterocycles. The fourth-order valence-corrected chi connectivity index (χ4v) is 2.79. The van der Waals surface area contributed by atoms with E-state index >= 15 is 0 Å². The zero-order chi connectivity index (χ0) is 9.97. The minimum atomic E-state index is 0.147. The summed E-state index contributed by atoms with van der Waals surface area (Å²) in [5.41, 5.74) is 1.21. The highest BCUT2D eigenvalue weighted by Crippen LogP contribution is 2.37. The summed E-state index contributed by atoms with van der Waals surface area (Å²) in [6, 6.07) is 10.2. The monoisotopic (exact) mass is 304 g/mol. The number of halogens is 1. The van der Waals surface area contributed by atoms with Crippen molar-refractivity contribution in [3.05, 3.63) is 35.9 Å². The topological polar surface area (TPSA) is 29.5 Å². The second kappa shape index (κ2) is 4.59. The van der Waals surface area contributed by atoms with Crippen molar-refractivity contribution in [1.82, 2.24) is 0 Å². The molecule has 1 aromatic carbocycles. The van der Waals surface area contributed by atoms with Crippen molar-refractivity contribution in [2.75, 3.05) is 13.2 Å². The van der Waals surface area contributed by atoms with Crippen molar-refractivity contribution >= 4 is 22.6 Å². The smallest absolute Gasteiger partial charge is 0.0947 e. The van der Waals surface area contributed by atoms with Crippen molar-refractivity contribution in [2.45, 2.75) is 10.0 Å². The number of aliphatic hydroxyl groups is 1. The van der Waals surface area contributed by atoms with E-state index in [1.54, 1.807) is 0 Å². The maximum atomic E-state index is 9.12. The first-order valence-electron chi connectivity index (χ1n) is 4.74. The average Bonchev–Trinajstić information content (AvgIpc) is 2.61. The lowest BCUT2D eigenvalue weighted by Gasteiger charge is -2.15. The van der Waals surface area contributed by atoms with Gasteiger partial charge in [-0.3, -0.25) is 0 Å².